The third kappa shape index (κ3) is 1.53. The van der Waals surface area contributed by atoms with Gasteiger partial charge in [0.2, 0.25) is 0 Å². The molecule has 1 fully saturated rings. The van der Waals surface area contributed by atoms with Crippen molar-refractivity contribution in [2.24, 2.45) is 0 Å². The van der Waals surface area contributed by atoms with Gasteiger partial charge in [-0.3, -0.25) is 0 Å². The number of nitrogen functional groups attached to an aromatic ring is 1. The molecule has 0 amide bonds. The summed E-state index contributed by atoms with van der Waals surface area (Å²) in [6.07, 6.45) is 4.07. The Labute approximate surface area is 83.7 Å². The van der Waals surface area contributed by atoms with Crippen LogP contribution in [0.2, 0.25) is 0 Å². The molecule has 0 radical (unpaired) electrons. The summed E-state index contributed by atoms with van der Waals surface area (Å²) < 4.78 is 5.38. The van der Waals surface area contributed by atoms with Crippen LogP contribution in [-0.2, 0) is 4.74 Å². The first-order valence-electron chi connectivity index (χ1n) is 4.83. The number of anilines is 2. The Bertz CT molecular complexity index is 316. The predicted octanol–water partition coefficient (Wildman–Crippen LogP) is 1.24. The molecule has 2 rings (SSSR count). The van der Waals surface area contributed by atoms with Crippen LogP contribution in [0.15, 0.2) is 18.3 Å². The summed E-state index contributed by atoms with van der Waals surface area (Å²) in [5.74, 6) is 0.580. The zero-order valence-electron chi connectivity index (χ0n) is 8.31. The normalized spacial score (nSPS) is 21.5. The van der Waals surface area contributed by atoms with E-state index < -0.39 is 0 Å². The highest BCUT2D eigenvalue weighted by molar-refractivity contribution is 5.63. The minimum atomic E-state index is 0.154. The SMILES string of the molecule is COC1CCCN1c1cccnc1N. The summed E-state index contributed by atoms with van der Waals surface area (Å²) in [6, 6.07) is 3.89. The Balaban J connectivity index is 2.26. The average molecular weight is 193 g/mol. The third-order valence-corrected chi connectivity index (χ3v) is 2.60. The Hall–Kier alpha value is -1.29. The highest BCUT2D eigenvalue weighted by Crippen LogP contribution is 2.28. The van der Waals surface area contributed by atoms with Crippen molar-refractivity contribution >= 4 is 11.5 Å². The molecule has 1 aromatic heterocycles. The first-order valence-corrected chi connectivity index (χ1v) is 4.83. The molecule has 1 unspecified atom stereocenters. The fourth-order valence-electron chi connectivity index (χ4n) is 1.91. The fraction of sp³-hybridized carbons (Fsp3) is 0.500. The van der Waals surface area contributed by atoms with E-state index in [2.05, 4.69) is 9.88 Å². The van der Waals surface area contributed by atoms with Gasteiger partial charge in [0, 0.05) is 19.9 Å². The van der Waals surface area contributed by atoms with Crippen LogP contribution in [0.4, 0.5) is 11.5 Å². The standard InChI is InChI=1S/C10H15N3O/c1-14-9-5-3-7-13(9)8-4-2-6-12-10(8)11/h2,4,6,9H,3,5,7H2,1H3,(H2,11,12). The van der Waals surface area contributed by atoms with E-state index in [4.69, 9.17) is 10.5 Å². The van der Waals surface area contributed by atoms with Crippen LogP contribution in [-0.4, -0.2) is 24.9 Å². The lowest BCUT2D eigenvalue weighted by Crippen LogP contribution is -2.31. The smallest absolute Gasteiger partial charge is 0.147 e. The summed E-state index contributed by atoms with van der Waals surface area (Å²) >= 11 is 0. The lowest BCUT2D eigenvalue weighted by Gasteiger charge is -2.25. The van der Waals surface area contributed by atoms with Gasteiger partial charge in [-0.05, 0) is 25.0 Å². The molecule has 0 aromatic carbocycles. The lowest BCUT2D eigenvalue weighted by atomic mass is 10.3. The molecule has 1 saturated heterocycles. The molecule has 4 heteroatoms. The van der Waals surface area contributed by atoms with Gasteiger partial charge in [0.15, 0.2) is 0 Å². The largest absolute Gasteiger partial charge is 0.382 e. The molecule has 0 aliphatic carbocycles. The minimum Gasteiger partial charge on any atom is -0.382 e. The quantitative estimate of drug-likeness (QED) is 0.767. The van der Waals surface area contributed by atoms with Gasteiger partial charge in [0.25, 0.3) is 0 Å². The average Bonchev–Trinajstić information content (AvgIpc) is 2.66. The maximum Gasteiger partial charge on any atom is 0.147 e. The molecule has 14 heavy (non-hydrogen) atoms. The first kappa shape index (κ1) is 9.27. The number of hydrogen-bond acceptors (Lipinski definition) is 4. The van der Waals surface area contributed by atoms with Crippen molar-refractivity contribution in [2.45, 2.75) is 19.1 Å². The number of nitrogens with zero attached hydrogens (tertiary/aromatic N) is 2. The number of nitrogens with two attached hydrogens (primary N) is 1. The van der Waals surface area contributed by atoms with E-state index in [1.54, 1.807) is 13.3 Å². The molecule has 1 atom stereocenters. The van der Waals surface area contributed by atoms with Gasteiger partial charge in [-0.2, -0.15) is 0 Å². The van der Waals surface area contributed by atoms with Crippen LogP contribution in [0.25, 0.3) is 0 Å². The topological polar surface area (TPSA) is 51.4 Å². The van der Waals surface area contributed by atoms with Crippen LogP contribution < -0.4 is 10.6 Å². The van der Waals surface area contributed by atoms with Crippen LogP contribution >= 0.6 is 0 Å². The van der Waals surface area contributed by atoms with Crippen molar-refractivity contribution in [3.8, 4) is 0 Å². The third-order valence-electron chi connectivity index (χ3n) is 2.60. The van der Waals surface area contributed by atoms with Crippen molar-refractivity contribution in [1.82, 2.24) is 4.98 Å². The number of aromatic nitrogens is 1. The molecule has 0 saturated carbocycles. The number of pyridine rings is 1. The highest BCUT2D eigenvalue weighted by Gasteiger charge is 2.25. The van der Waals surface area contributed by atoms with Gasteiger partial charge >= 0.3 is 0 Å². The first-order chi connectivity index (χ1) is 6.83. The summed E-state index contributed by atoms with van der Waals surface area (Å²) in [4.78, 5) is 6.24. The molecule has 2 heterocycles. The molecule has 4 nitrogen and oxygen atoms in total. The fourth-order valence-corrected chi connectivity index (χ4v) is 1.91. The number of ether oxygens (including phenoxy) is 1. The van der Waals surface area contributed by atoms with Crippen LogP contribution in [0.1, 0.15) is 12.8 Å². The zero-order chi connectivity index (χ0) is 9.97. The Kier molecular flexibility index (Phi) is 2.54. The van der Waals surface area contributed by atoms with Gasteiger partial charge in [0.05, 0.1) is 5.69 Å². The summed E-state index contributed by atoms with van der Waals surface area (Å²) in [5, 5.41) is 0. The Morgan fingerprint density at radius 2 is 2.50 bits per heavy atom. The second-order valence-electron chi connectivity index (χ2n) is 3.43. The van der Waals surface area contributed by atoms with Crippen LogP contribution in [0.3, 0.4) is 0 Å². The van der Waals surface area contributed by atoms with Gasteiger partial charge in [-0.15, -0.1) is 0 Å². The van der Waals surface area contributed by atoms with E-state index in [-0.39, 0.29) is 6.23 Å². The monoisotopic (exact) mass is 193 g/mol. The van der Waals surface area contributed by atoms with Crippen molar-refractivity contribution in [3.63, 3.8) is 0 Å². The van der Waals surface area contributed by atoms with E-state index >= 15 is 0 Å². The van der Waals surface area contributed by atoms with Crippen LogP contribution in [0.5, 0.6) is 0 Å². The van der Waals surface area contributed by atoms with Crippen molar-refractivity contribution in [3.05, 3.63) is 18.3 Å². The zero-order valence-corrected chi connectivity index (χ0v) is 8.31. The molecular formula is C10H15N3O. The number of methoxy groups -OCH3 is 1. The molecule has 76 valence electrons. The molecule has 0 spiro atoms. The molecule has 2 N–H and O–H groups in total. The molecular weight excluding hydrogens is 178 g/mol. The number of hydrogen-bond donors (Lipinski definition) is 1. The van der Waals surface area contributed by atoms with Crippen LogP contribution in [0, 0.1) is 0 Å². The maximum atomic E-state index is 5.81. The van der Waals surface area contributed by atoms with Crippen molar-refractivity contribution in [2.75, 3.05) is 24.3 Å². The van der Waals surface area contributed by atoms with E-state index in [9.17, 15) is 0 Å². The molecule has 1 aromatic rings. The second-order valence-corrected chi connectivity index (χ2v) is 3.43. The van der Waals surface area contributed by atoms with E-state index in [0.717, 1.165) is 25.1 Å². The van der Waals surface area contributed by atoms with E-state index in [0.29, 0.717) is 5.82 Å². The Morgan fingerprint density at radius 3 is 3.21 bits per heavy atom. The van der Waals surface area contributed by atoms with E-state index in [1.165, 1.54) is 0 Å². The molecule has 1 aliphatic heterocycles. The summed E-state index contributed by atoms with van der Waals surface area (Å²) in [7, 11) is 1.73. The Morgan fingerprint density at radius 1 is 1.64 bits per heavy atom. The van der Waals surface area contributed by atoms with Gasteiger partial charge < -0.3 is 15.4 Å². The maximum absolute atomic E-state index is 5.81. The van der Waals surface area contributed by atoms with Gasteiger partial charge in [0.1, 0.15) is 12.0 Å². The summed E-state index contributed by atoms with van der Waals surface area (Å²) in [6.45, 7) is 0.994. The predicted molar refractivity (Wildman–Crippen MR) is 56.0 cm³/mol. The van der Waals surface area contributed by atoms with Gasteiger partial charge in [-0.25, -0.2) is 4.98 Å². The minimum absolute atomic E-state index is 0.154. The van der Waals surface area contributed by atoms with Gasteiger partial charge in [-0.1, -0.05) is 0 Å². The second kappa shape index (κ2) is 3.84. The number of rotatable bonds is 2. The molecule has 1 aliphatic rings. The summed E-state index contributed by atoms with van der Waals surface area (Å²) in [5.41, 5.74) is 6.79. The van der Waals surface area contributed by atoms with Crippen molar-refractivity contribution in [1.29, 1.82) is 0 Å². The molecule has 0 bridgehead atoms. The highest BCUT2D eigenvalue weighted by atomic mass is 16.5. The lowest BCUT2D eigenvalue weighted by molar-refractivity contribution is 0.111. The van der Waals surface area contributed by atoms with Crippen molar-refractivity contribution < 1.29 is 4.74 Å². The van der Waals surface area contributed by atoms with E-state index in [1.807, 2.05) is 12.1 Å².